The highest BCUT2D eigenvalue weighted by atomic mass is 32.2. The van der Waals surface area contributed by atoms with Gasteiger partial charge >= 0.3 is 0 Å². The number of rotatable bonds is 6. The summed E-state index contributed by atoms with van der Waals surface area (Å²) >= 11 is 3.27. The third-order valence-electron chi connectivity index (χ3n) is 2.10. The average molecular weight is 272 g/mol. The van der Waals surface area contributed by atoms with Gasteiger partial charge in [-0.05, 0) is 25.3 Å². The Bertz CT molecular complexity index is 344. The van der Waals surface area contributed by atoms with Gasteiger partial charge in [-0.1, -0.05) is 6.07 Å². The maximum atomic E-state index is 11.8. The molecule has 5 heteroatoms. The minimum Gasteiger partial charge on any atom is -0.340 e. The van der Waals surface area contributed by atoms with Gasteiger partial charge in [0.15, 0.2) is 0 Å². The predicted octanol–water partition coefficient (Wildman–Crippen LogP) is 2.18. The molecule has 3 nitrogen and oxygen atoms in total. The lowest BCUT2D eigenvalue weighted by Crippen LogP contribution is -2.36. The molecule has 0 radical (unpaired) electrons. The van der Waals surface area contributed by atoms with Crippen LogP contribution in [0.4, 0.5) is 0 Å². The van der Waals surface area contributed by atoms with Crippen molar-refractivity contribution in [3.05, 3.63) is 22.4 Å². The fourth-order valence-electron chi connectivity index (χ4n) is 1.24. The molecule has 0 saturated heterocycles. The Hall–Kier alpha value is -0.520. The van der Waals surface area contributed by atoms with Crippen LogP contribution in [0.2, 0.25) is 0 Å². The van der Waals surface area contributed by atoms with Crippen LogP contribution in [-0.4, -0.2) is 34.9 Å². The summed E-state index contributed by atoms with van der Waals surface area (Å²) in [6.07, 6.45) is 0. The number of amides is 1. The highest BCUT2D eigenvalue weighted by molar-refractivity contribution is 8.00. The molecule has 0 bridgehead atoms. The van der Waals surface area contributed by atoms with Gasteiger partial charge in [0.05, 0.1) is 12.3 Å². The van der Waals surface area contributed by atoms with Crippen molar-refractivity contribution in [2.45, 2.75) is 25.9 Å². The quantitative estimate of drug-likeness (QED) is 0.863. The molecule has 1 heterocycles. The molecule has 0 aliphatic rings. The van der Waals surface area contributed by atoms with E-state index < -0.39 is 0 Å². The van der Waals surface area contributed by atoms with Gasteiger partial charge in [0.1, 0.15) is 0 Å². The van der Waals surface area contributed by atoms with E-state index in [4.69, 9.17) is 5.73 Å². The van der Waals surface area contributed by atoms with E-state index in [0.717, 1.165) is 5.75 Å². The van der Waals surface area contributed by atoms with Crippen molar-refractivity contribution in [2.24, 2.45) is 5.73 Å². The van der Waals surface area contributed by atoms with E-state index in [1.54, 1.807) is 28.0 Å². The minimum atomic E-state index is -0.211. The van der Waals surface area contributed by atoms with Gasteiger partial charge in [-0.2, -0.15) is 11.8 Å². The molecule has 0 aliphatic heterocycles. The van der Waals surface area contributed by atoms with Gasteiger partial charge in [0, 0.05) is 23.2 Å². The number of carbonyl (C=O) groups is 1. The van der Waals surface area contributed by atoms with Crippen LogP contribution in [0, 0.1) is 0 Å². The molecule has 96 valence electrons. The fourth-order valence-corrected chi connectivity index (χ4v) is 3.02. The Morgan fingerprint density at radius 1 is 1.59 bits per heavy atom. The van der Waals surface area contributed by atoms with Gasteiger partial charge < -0.3 is 10.6 Å². The lowest BCUT2D eigenvalue weighted by atomic mass is 10.1. The van der Waals surface area contributed by atoms with Crippen LogP contribution in [0.25, 0.3) is 0 Å². The summed E-state index contributed by atoms with van der Waals surface area (Å²) in [5.74, 6) is 1.46. The van der Waals surface area contributed by atoms with Gasteiger partial charge in [0.2, 0.25) is 5.91 Å². The lowest BCUT2D eigenvalue weighted by Gasteiger charge is -2.19. The smallest absolute Gasteiger partial charge is 0.232 e. The van der Waals surface area contributed by atoms with Crippen LogP contribution < -0.4 is 5.73 Å². The Labute approximate surface area is 111 Å². The first kappa shape index (κ1) is 14.5. The van der Waals surface area contributed by atoms with Crippen LogP contribution in [-0.2, 0) is 11.3 Å². The number of nitrogens with zero attached hydrogens (tertiary/aromatic N) is 1. The van der Waals surface area contributed by atoms with E-state index in [1.165, 1.54) is 4.88 Å². The van der Waals surface area contributed by atoms with Gasteiger partial charge in [-0.25, -0.2) is 0 Å². The highest BCUT2D eigenvalue weighted by Gasteiger charge is 2.14. The third kappa shape index (κ3) is 6.10. The van der Waals surface area contributed by atoms with E-state index in [0.29, 0.717) is 12.3 Å². The van der Waals surface area contributed by atoms with Crippen molar-refractivity contribution in [1.29, 1.82) is 0 Å². The first-order chi connectivity index (χ1) is 7.88. The Morgan fingerprint density at radius 3 is 2.82 bits per heavy atom. The number of nitrogens with two attached hydrogens (primary N) is 1. The van der Waals surface area contributed by atoms with E-state index in [-0.39, 0.29) is 11.4 Å². The molecule has 0 aliphatic carbocycles. The maximum absolute atomic E-state index is 11.8. The number of hydrogen-bond donors (Lipinski definition) is 1. The summed E-state index contributed by atoms with van der Waals surface area (Å²) in [7, 11) is 1.84. The Morgan fingerprint density at radius 2 is 2.29 bits per heavy atom. The van der Waals surface area contributed by atoms with E-state index in [1.807, 2.05) is 38.4 Å². The lowest BCUT2D eigenvalue weighted by molar-refractivity contribution is -0.127. The molecule has 0 spiro atoms. The SMILES string of the molecule is CN(Cc1cccs1)C(=O)CSCC(C)(C)N. The normalized spacial score (nSPS) is 11.5. The molecular weight excluding hydrogens is 252 g/mol. The average Bonchev–Trinajstić information content (AvgIpc) is 2.68. The molecule has 0 saturated carbocycles. The van der Waals surface area contributed by atoms with Crippen molar-refractivity contribution in [3.63, 3.8) is 0 Å². The van der Waals surface area contributed by atoms with Crippen molar-refractivity contribution >= 4 is 29.0 Å². The van der Waals surface area contributed by atoms with Crippen LogP contribution in [0.3, 0.4) is 0 Å². The molecule has 1 rings (SSSR count). The summed E-state index contributed by atoms with van der Waals surface area (Å²) in [4.78, 5) is 14.8. The van der Waals surface area contributed by atoms with E-state index in [9.17, 15) is 4.79 Å². The first-order valence-corrected chi connectivity index (χ1v) is 7.55. The third-order valence-corrected chi connectivity index (χ3v) is 4.36. The number of hydrogen-bond acceptors (Lipinski definition) is 4. The van der Waals surface area contributed by atoms with Crippen molar-refractivity contribution in [3.8, 4) is 0 Å². The summed E-state index contributed by atoms with van der Waals surface area (Å²) in [6, 6.07) is 4.05. The van der Waals surface area contributed by atoms with Crippen LogP contribution >= 0.6 is 23.1 Å². The maximum Gasteiger partial charge on any atom is 0.232 e. The molecule has 0 aromatic carbocycles. The number of thioether (sulfide) groups is 1. The molecule has 0 fully saturated rings. The molecule has 0 unspecified atom stereocenters. The predicted molar refractivity (Wildman–Crippen MR) is 76.4 cm³/mol. The molecule has 0 atom stereocenters. The van der Waals surface area contributed by atoms with Gasteiger partial charge in [-0.3, -0.25) is 4.79 Å². The van der Waals surface area contributed by atoms with E-state index in [2.05, 4.69) is 0 Å². The summed E-state index contributed by atoms with van der Waals surface area (Å²) in [5, 5.41) is 2.03. The molecule has 17 heavy (non-hydrogen) atoms. The molecule has 1 aromatic heterocycles. The minimum absolute atomic E-state index is 0.160. The second-order valence-electron chi connectivity index (χ2n) is 4.81. The van der Waals surface area contributed by atoms with E-state index >= 15 is 0 Å². The monoisotopic (exact) mass is 272 g/mol. The molecule has 1 aromatic rings. The van der Waals surface area contributed by atoms with Crippen LogP contribution in [0.1, 0.15) is 18.7 Å². The van der Waals surface area contributed by atoms with Gasteiger partial charge in [-0.15, -0.1) is 11.3 Å². The summed E-state index contributed by atoms with van der Waals surface area (Å²) in [5.41, 5.74) is 5.65. The fraction of sp³-hybridized carbons (Fsp3) is 0.583. The Kier molecular flexibility index (Phi) is 5.49. The van der Waals surface area contributed by atoms with Crippen LogP contribution in [0.5, 0.6) is 0 Å². The van der Waals surface area contributed by atoms with Crippen molar-refractivity contribution in [1.82, 2.24) is 4.90 Å². The zero-order valence-corrected chi connectivity index (χ0v) is 12.2. The van der Waals surface area contributed by atoms with Gasteiger partial charge in [0.25, 0.3) is 0 Å². The zero-order chi connectivity index (χ0) is 12.9. The first-order valence-electron chi connectivity index (χ1n) is 5.51. The van der Waals surface area contributed by atoms with Crippen molar-refractivity contribution < 1.29 is 4.79 Å². The second kappa shape index (κ2) is 6.42. The number of carbonyl (C=O) groups excluding carboxylic acids is 1. The van der Waals surface area contributed by atoms with Crippen molar-refractivity contribution in [2.75, 3.05) is 18.6 Å². The largest absolute Gasteiger partial charge is 0.340 e. The standard InChI is InChI=1S/C12H20N2OS2/c1-12(2,13)9-16-8-11(15)14(3)7-10-5-4-6-17-10/h4-6H,7-9,13H2,1-3H3. The highest BCUT2D eigenvalue weighted by Crippen LogP contribution is 2.13. The number of thiophene rings is 1. The zero-order valence-electron chi connectivity index (χ0n) is 10.6. The summed E-state index contributed by atoms with van der Waals surface area (Å²) < 4.78 is 0. The topological polar surface area (TPSA) is 46.3 Å². The molecule has 1 amide bonds. The molecule has 2 N–H and O–H groups in total. The summed E-state index contributed by atoms with van der Waals surface area (Å²) in [6.45, 7) is 4.64. The second-order valence-corrected chi connectivity index (χ2v) is 6.83. The molecular formula is C12H20N2OS2. The van der Waals surface area contributed by atoms with Crippen LogP contribution in [0.15, 0.2) is 17.5 Å². The Balaban J connectivity index is 2.28.